The predicted molar refractivity (Wildman–Crippen MR) is 140 cm³/mol. The first-order chi connectivity index (χ1) is 18.6. The van der Waals surface area contributed by atoms with Crippen LogP contribution < -0.4 is 16.4 Å². The van der Waals surface area contributed by atoms with E-state index in [1.165, 1.54) is 0 Å². The highest BCUT2D eigenvalue weighted by Crippen LogP contribution is 2.46. The molecular formula is C28H29N5O6. The maximum Gasteiger partial charge on any atom is 0.326 e. The Morgan fingerprint density at radius 1 is 1.08 bits per heavy atom. The molecule has 11 nitrogen and oxygen atoms in total. The zero-order valence-electron chi connectivity index (χ0n) is 21.4. The minimum absolute atomic E-state index is 0.229. The number of aromatic amines is 1. The number of aromatic nitrogens is 1. The highest BCUT2D eigenvalue weighted by atomic mass is 16.4. The molecule has 1 aromatic heterocycles. The lowest BCUT2D eigenvalue weighted by Gasteiger charge is -2.38. The van der Waals surface area contributed by atoms with Gasteiger partial charge in [-0.25, -0.2) is 4.79 Å². The number of aliphatic carboxylic acids is 1. The number of nitrogens with two attached hydrogens (primary N) is 1. The van der Waals surface area contributed by atoms with Gasteiger partial charge < -0.3 is 31.4 Å². The molecule has 0 fully saturated rings. The van der Waals surface area contributed by atoms with E-state index in [-0.39, 0.29) is 12.3 Å². The first-order valence-electron chi connectivity index (χ1n) is 12.7. The minimum Gasteiger partial charge on any atom is -0.480 e. The van der Waals surface area contributed by atoms with E-state index in [4.69, 9.17) is 5.73 Å². The number of H-pyrrole nitrogens is 1. The number of carboxylic acid groups (broad SMARTS) is 1. The Morgan fingerprint density at radius 3 is 2.46 bits per heavy atom. The van der Waals surface area contributed by atoms with Crippen molar-refractivity contribution in [2.75, 3.05) is 0 Å². The van der Waals surface area contributed by atoms with Crippen molar-refractivity contribution in [3.63, 3.8) is 0 Å². The molecule has 4 amide bonds. The number of nitrogens with one attached hydrogen (secondary N) is 3. The Morgan fingerprint density at radius 2 is 1.77 bits per heavy atom. The van der Waals surface area contributed by atoms with Gasteiger partial charge in [0.2, 0.25) is 17.7 Å². The number of benzene rings is 2. The topological polar surface area (TPSA) is 175 Å². The van der Waals surface area contributed by atoms with E-state index < -0.39 is 60.2 Å². The van der Waals surface area contributed by atoms with Crippen molar-refractivity contribution in [2.45, 2.75) is 50.9 Å². The Labute approximate surface area is 223 Å². The van der Waals surface area contributed by atoms with Crippen LogP contribution in [-0.4, -0.2) is 62.7 Å². The van der Waals surface area contributed by atoms with Gasteiger partial charge in [-0.2, -0.15) is 0 Å². The molecule has 5 rings (SSSR count). The van der Waals surface area contributed by atoms with E-state index in [1.807, 2.05) is 36.4 Å². The Bertz CT molecular complexity index is 1510. The van der Waals surface area contributed by atoms with Crippen LogP contribution in [0.2, 0.25) is 0 Å². The standard InChI is InChI=1S/C28H29N5O6/c1-13(2)22(26(36)31-19(28(38)39)12-21(29)34)32-25(35)20-11-17-14-7-5-6-10-18(14)30-23(17)24-15-8-3-4-9-16(15)27(37)33(20)24/h3-10,13,19-20,22,24,30H,11-12H2,1-2H3,(H2,29,34)(H,31,36)(H,32,35)(H,38,39)/t19-,20-,22-,24?/m0/s1. The molecule has 3 aromatic rings. The third kappa shape index (κ3) is 4.49. The third-order valence-corrected chi connectivity index (χ3v) is 7.42. The summed E-state index contributed by atoms with van der Waals surface area (Å²) in [5.41, 5.74) is 9.11. The molecule has 0 bridgehead atoms. The van der Waals surface area contributed by atoms with Crippen LogP contribution in [-0.2, 0) is 25.6 Å². The quantitative estimate of drug-likeness (QED) is 0.292. The van der Waals surface area contributed by atoms with E-state index in [1.54, 1.807) is 30.9 Å². The molecule has 2 aliphatic rings. The van der Waals surface area contributed by atoms with Gasteiger partial charge in [-0.05, 0) is 29.2 Å². The van der Waals surface area contributed by atoms with Gasteiger partial charge in [-0.1, -0.05) is 50.2 Å². The number of fused-ring (bicyclic) bond motifs is 7. The van der Waals surface area contributed by atoms with E-state index in [2.05, 4.69) is 15.6 Å². The van der Waals surface area contributed by atoms with Crippen LogP contribution in [0.5, 0.6) is 0 Å². The summed E-state index contributed by atoms with van der Waals surface area (Å²) in [4.78, 5) is 68.3. The predicted octanol–water partition coefficient (Wildman–Crippen LogP) is 1.22. The number of primary amides is 1. The second-order valence-electron chi connectivity index (χ2n) is 10.3. The largest absolute Gasteiger partial charge is 0.480 e. The minimum atomic E-state index is -1.53. The molecule has 1 unspecified atom stereocenters. The molecule has 0 saturated carbocycles. The molecule has 2 aromatic carbocycles. The van der Waals surface area contributed by atoms with Crippen molar-refractivity contribution in [1.29, 1.82) is 0 Å². The number of carboxylic acids is 1. The van der Waals surface area contributed by atoms with Gasteiger partial charge in [0.05, 0.1) is 12.5 Å². The summed E-state index contributed by atoms with van der Waals surface area (Å²) in [6.07, 6.45) is -0.360. The Kier molecular flexibility index (Phi) is 6.59. The lowest BCUT2D eigenvalue weighted by Crippen LogP contribution is -2.59. The van der Waals surface area contributed by atoms with Gasteiger partial charge >= 0.3 is 5.97 Å². The first-order valence-corrected chi connectivity index (χ1v) is 12.7. The molecule has 0 spiro atoms. The van der Waals surface area contributed by atoms with Crippen molar-refractivity contribution < 1.29 is 29.1 Å². The number of hydrogen-bond acceptors (Lipinski definition) is 5. The van der Waals surface area contributed by atoms with Gasteiger partial charge in [0.25, 0.3) is 5.91 Å². The summed E-state index contributed by atoms with van der Waals surface area (Å²) in [6, 6.07) is 10.9. The molecule has 6 N–H and O–H groups in total. The average molecular weight is 532 g/mol. The van der Waals surface area contributed by atoms with Crippen LogP contribution in [0, 0.1) is 5.92 Å². The maximum absolute atomic E-state index is 13.8. The lowest BCUT2D eigenvalue weighted by molar-refractivity contribution is -0.144. The zero-order chi connectivity index (χ0) is 28.0. The SMILES string of the molecule is CC(C)[C@H](NC(=O)[C@@H]1Cc2c([nH]c3ccccc23)C2c3ccccc3C(=O)N21)C(=O)N[C@@H](CC(N)=O)C(=O)O. The molecule has 4 atom stereocenters. The molecule has 3 heterocycles. The molecule has 0 aliphatic carbocycles. The van der Waals surface area contributed by atoms with E-state index in [0.29, 0.717) is 5.56 Å². The fourth-order valence-electron chi connectivity index (χ4n) is 5.58. The number of hydrogen-bond donors (Lipinski definition) is 5. The fourth-order valence-corrected chi connectivity index (χ4v) is 5.58. The number of rotatable bonds is 8. The number of carbonyl (C=O) groups excluding carboxylic acids is 4. The van der Waals surface area contributed by atoms with Crippen LogP contribution in [0.4, 0.5) is 0 Å². The van der Waals surface area contributed by atoms with E-state index in [9.17, 15) is 29.1 Å². The highest BCUT2D eigenvalue weighted by Gasteiger charge is 2.49. The fraction of sp³-hybridized carbons (Fsp3) is 0.321. The summed E-state index contributed by atoms with van der Waals surface area (Å²) in [6.45, 7) is 3.40. The van der Waals surface area contributed by atoms with Gasteiger partial charge in [-0.3, -0.25) is 19.2 Å². The normalized spacial score (nSPS) is 19.2. The second-order valence-corrected chi connectivity index (χ2v) is 10.3. The van der Waals surface area contributed by atoms with Gasteiger partial charge in [-0.15, -0.1) is 0 Å². The lowest BCUT2D eigenvalue weighted by atomic mass is 9.89. The van der Waals surface area contributed by atoms with Gasteiger partial charge in [0, 0.05) is 28.6 Å². The van der Waals surface area contributed by atoms with Crippen LogP contribution >= 0.6 is 0 Å². The van der Waals surface area contributed by atoms with Crippen molar-refractivity contribution >= 4 is 40.5 Å². The van der Waals surface area contributed by atoms with Crippen molar-refractivity contribution in [3.05, 3.63) is 70.9 Å². The van der Waals surface area contributed by atoms with Crippen molar-refractivity contribution in [3.8, 4) is 0 Å². The first kappa shape index (κ1) is 26.0. The number of amides is 4. The monoisotopic (exact) mass is 531 g/mol. The molecule has 0 saturated heterocycles. The second kappa shape index (κ2) is 9.90. The third-order valence-electron chi connectivity index (χ3n) is 7.42. The molecule has 2 aliphatic heterocycles. The smallest absolute Gasteiger partial charge is 0.326 e. The number of nitrogens with zero attached hydrogens (tertiary/aromatic N) is 1. The number of para-hydroxylation sites is 1. The van der Waals surface area contributed by atoms with Gasteiger partial charge in [0.1, 0.15) is 18.1 Å². The summed E-state index contributed by atoms with van der Waals surface area (Å²) >= 11 is 0. The molecular weight excluding hydrogens is 502 g/mol. The molecule has 0 radical (unpaired) electrons. The Balaban J connectivity index is 1.48. The average Bonchev–Trinajstić information content (AvgIpc) is 3.41. The molecule has 39 heavy (non-hydrogen) atoms. The summed E-state index contributed by atoms with van der Waals surface area (Å²) < 4.78 is 0. The van der Waals surface area contributed by atoms with E-state index in [0.717, 1.165) is 27.7 Å². The summed E-state index contributed by atoms with van der Waals surface area (Å²) in [5, 5.41) is 15.4. The van der Waals surface area contributed by atoms with E-state index >= 15 is 0 Å². The van der Waals surface area contributed by atoms with Crippen LogP contribution in [0.1, 0.15) is 53.5 Å². The molecule has 202 valence electrons. The van der Waals surface area contributed by atoms with Crippen molar-refractivity contribution in [1.82, 2.24) is 20.5 Å². The summed E-state index contributed by atoms with van der Waals surface area (Å²) in [5.74, 6) is -4.30. The molecule has 11 heteroatoms. The van der Waals surface area contributed by atoms with Crippen LogP contribution in [0.25, 0.3) is 10.9 Å². The van der Waals surface area contributed by atoms with Crippen LogP contribution in [0.15, 0.2) is 48.5 Å². The zero-order valence-corrected chi connectivity index (χ0v) is 21.4. The maximum atomic E-state index is 13.8. The van der Waals surface area contributed by atoms with Crippen molar-refractivity contribution in [2.24, 2.45) is 11.7 Å². The highest BCUT2D eigenvalue weighted by molar-refractivity contribution is 6.04. The van der Waals surface area contributed by atoms with Gasteiger partial charge in [0.15, 0.2) is 0 Å². The number of carbonyl (C=O) groups is 5. The van der Waals surface area contributed by atoms with Crippen LogP contribution in [0.3, 0.4) is 0 Å². The summed E-state index contributed by atoms with van der Waals surface area (Å²) in [7, 11) is 0. The Hall–Kier alpha value is -4.67.